The molecule has 2 fully saturated rings. The van der Waals surface area contributed by atoms with Gasteiger partial charge in [0.05, 0.1) is 13.2 Å². The van der Waals surface area contributed by atoms with Gasteiger partial charge in [-0.15, -0.1) is 0 Å². The van der Waals surface area contributed by atoms with Crippen LogP contribution in [0, 0.1) is 0 Å². The van der Waals surface area contributed by atoms with Gasteiger partial charge in [-0.05, 0) is 59.7 Å². The molecule has 2 unspecified atom stereocenters. The highest BCUT2D eigenvalue weighted by atomic mass is 16.6. The largest absolute Gasteiger partial charge is 0.491 e. The SMILES string of the molecule is c1cc(COc2ccc(OCC3CO3)cc2)ccc1COc1ccc(OCC2CO2)cc1. The summed E-state index contributed by atoms with van der Waals surface area (Å²) < 4.78 is 33.3. The van der Waals surface area contributed by atoms with Gasteiger partial charge in [-0.3, -0.25) is 0 Å². The average Bonchev–Trinajstić information content (AvgIpc) is 3.76. The molecule has 0 aromatic heterocycles. The summed E-state index contributed by atoms with van der Waals surface area (Å²) in [4.78, 5) is 0. The molecule has 2 aliphatic heterocycles. The van der Waals surface area contributed by atoms with Crippen LogP contribution in [0.5, 0.6) is 23.0 Å². The summed E-state index contributed by atoms with van der Waals surface area (Å²) in [7, 11) is 0. The first-order chi connectivity index (χ1) is 15.8. The van der Waals surface area contributed by atoms with Gasteiger partial charge in [0.2, 0.25) is 0 Å². The van der Waals surface area contributed by atoms with Gasteiger partial charge in [-0.1, -0.05) is 24.3 Å². The van der Waals surface area contributed by atoms with Crippen molar-refractivity contribution in [1.29, 1.82) is 0 Å². The normalized spacial score (nSPS) is 18.6. The third kappa shape index (κ3) is 6.39. The lowest BCUT2D eigenvalue weighted by molar-refractivity contribution is 0.262. The summed E-state index contributed by atoms with van der Waals surface area (Å²) in [6, 6.07) is 23.6. The predicted molar refractivity (Wildman–Crippen MR) is 118 cm³/mol. The Balaban J connectivity index is 1.04. The lowest BCUT2D eigenvalue weighted by Crippen LogP contribution is -2.04. The van der Waals surface area contributed by atoms with Crippen LogP contribution in [0.4, 0.5) is 0 Å². The number of hydrogen-bond acceptors (Lipinski definition) is 6. The zero-order valence-corrected chi connectivity index (χ0v) is 17.8. The van der Waals surface area contributed by atoms with Crippen molar-refractivity contribution < 1.29 is 28.4 Å². The molecule has 0 spiro atoms. The molecule has 2 aliphatic rings. The highest BCUT2D eigenvalue weighted by Gasteiger charge is 2.23. The molecular weight excluding hydrogens is 408 g/mol. The molecule has 2 atom stereocenters. The smallest absolute Gasteiger partial charge is 0.120 e. The Morgan fingerprint density at radius 1 is 0.500 bits per heavy atom. The second-order valence-electron chi connectivity index (χ2n) is 7.87. The fourth-order valence-electron chi connectivity index (χ4n) is 3.04. The van der Waals surface area contributed by atoms with Gasteiger partial charge in [-0.25, -0.2) is 0 Å². The molecule has 6 nitrogen and oxygen atoms in total. The van der Waals surface area contributed by atoms with Crippen LogP contribution in [-0.2, 0) is 22.7 Å². The van der Waals surface area contributed by atoms with E-state index in [0.29, 0.717) is 26.4 Å². The first-order valence-electron chi connectivity index (χ1n) is 10.8. The van der Waals surface area contributed by atoms with E-state index in [1.54, 1.807) is 0 Å². The van der Waals surface area contributed by atoms with Gasteiger partial charge in [-0.2, -0.15) is 0 Å². The Labute approximate surface area is 187 Å². The summed E-state index contributed by atoms with van der Waals surface area (Å²) in [6.07, 6.45) is 0.513. The molecule has 0 amide bonds. The lowest BCUT2D eigenvalue weighted by Gasteiger charge is -2.10. The van der Waals surface area contributed by atoms with E-state index >= 15 is 0 Å². The fourth-order valence-corrected chi connectivity index (χ4v) is 3.04. The quantitative estimate of drug-likeness (QED) is 0.394. The fraction of sp³-hybridized carbons (Fsp3) is 0.308. The van der Waals surface area contributed by atoms with E-state index in [2.05, 4.69) is 24.3 Å². The highest BCUT2D eigenvalue weighted by molar-refractivity contribution is 5.33. The van der Waals surface area contributed by atoms with Crippen molar-refractivity contribution in [2.24, 2.45) is 0 Å². The van der Waals surface area contributed by atoms with Gasteiger partial charge in [0, 0.05) is 0 Å². The number of ether oxygens (including phenoxy) is 6. The molecule has 2 saturated heterocycles. The maximum Gasteiger partial charge on any atom is 0.120 e. The van der Waals surface area contributed by atoms with Gasteiger partial charge in [0.15, 0.2) is 0 Å². The zero-order valence-electron chi connectivity index (χ0n) is 17.8. The van der Waals surface area contributed by atoms with Crippen molar-refractivity contribution in [3.05, 3.63) is 83.9 Å². The summed E-state index contributed by atoms with van der Waals surface area (Å²) in [5, 5.41) is 0. The molecule has 2 heterocycles. The standard InChI is InChI=1S/C26H26O6/c1-2-20(14-28-22-7-11-24(12-8-22)30-16-26-18-32-26)4-3-19(1)13-27-21-5-9-23(10-6-21)29-15-25-17-31-25/h1-12,25-26H,13-18H2. The Bertz CT molecular complexity index is 894. The van der Waals surface area contributed by atoms with Crippen LogP contribution in [0.2, 0.25) is 0 Å². The van der Waals surface area contributed by atoms with E-state index in [1.807, 2.05) is 48.5 Å². The van der Waals surface area contributed by atoms with Crippen LogP contribution in [0.25, 0.3) is 0 Å². The third-order valence-electron chi connectivity index (χ3n) is 5.16. The van der Waals surface area contributed by atoms with Gasteiger partial charge in [0.1, 0.15) is 61.6 Å². The molecular formula is C26H26O6. The Morgan fingerprint density at radius 2 is 0.812 bits per heavy atom. The summed E-state index contributed by atoms with van der Waals surface area (Å²) in [5.41, 5.74) is 2.20. The van der Waals surface area contributed by atoms with Crippen molar-refractivity contribution in [2.45, 2.75) is 25.4 Å². The molecule has 5 rings (SSSR count). The Hall–Kier alpha value is -3.22. The maximum atomic E-state index is 5.87. The maximum absolute atomic E-state index is 5.87. The minimum absolute atomic E-state index is 0.256. The van der Waals surface area contributed by atoms with Crippen LogP contribution >= 0.6 is 0 Å². The van der Waals surface area contributed by atoms with Crippen LogP contribution < -0.4 is 18.9 Å². The number of benzene rings is 3. The van der Waals surface area contributed by atoms with Crippen LogP contribution in [-0.4, -0.2) is 38.6 Å². The van der Waals surface area contributed by atoms with E-state index in [0.717, 1.165) is 47.3 Å². The molecule has 0 saturated carbocycles. The first-order valence-corrected chi connectivity index (χ1v) is 10.8. The second kappa shape index (κ2) is 9.94. The molecule has 0 N–H and O–H groups in total. The summed E-state index contributed by atoms with van der Waals surface area (Å²) in [6.45, 7) is 3.81. The minimum atomic E-state index is 0.256. The van der Waals surface area contributed by atoms with Crippen molar-refractivity contribution >= 4 is 0 Å². The number of hydrogen-bond donors (Lipinski definition) is 0. The van der Waals surface area contributed by atoms with Gasteiger partial charge < -0.3 is 28.4 Å². The lowest BCUT2D eigenvalue weighted by atomic mass is 10.1. The molecule has 0 bridgehead atoms. The third-order valence-corrected chi connectivity index (χ3v) is 5.16. The summed E-state index contributed by atoms with van der Waals surface area (Å²) >= 11 is 0. The Morgan fingerprint density at radius 3 is 1.12 bits per heavy atom. The zero-order chi connectivity index (χ0) is 21.6. The monoisotopic (exact) mass is 434 g/mol. The van der Waals surface area contributed by atoms with Crippen molar-refractivity contribution in [3.8, 4) is 23.0 Å². The average molecular weight is 434 g/mol. The molecule has 0 radical (unpaired) electrons. The molecule has 6 heteroatoms. The van der Waals surface area contributed by atoms with Crippen molar-refractivity contribution in [3.63, 3.8) is 0 Å². The molecule has 3 aromatic rings. The van der Waals surface area contributed by atoms with E-state index < -0.39 is 0 Å². The van der Waals surface area contributed by atoms with Crippen molar-refractivity contribution in [2.75, 3.05) is 26.4 Å². The van der Waals surface area contributed by atoms with E-state index in [-0.39, 0.29) is 12.2 Å². The van der Waals surface area contributed by atoms with E-state index in [1.165, 1.54) is 0 Å². The highest BCUT2D eigenvalue weighted by Crippen LogP contribution is 2.22. The molecule has 3 aromatic carbocycles. The molecule has 166 valence electrons. The van der Waals surface area contributed by atoms with Crippen molar-refractivity contribution in [1.82, 2.24) is 0 Å². The minimum Gasteiger partial charge on any atom is -0.491 e. The molecule has 0 aliphatic carbocycles. The van der Waals surface area contributed by atoms with Crippen LogP contribution in [0.3, 0.4) is 0 Å². The topological polar surface area (TPSA) is 62.0 Å². The number of rotatable bonds is 12. The van der Waals surface area contributed by atoms with Crippen LogP contribution in [0.1, 0.15) is 11.1 Å². The Kier molecular flexibility index (Phi) is 6.42. The number of epoxide rings is 2. The van der Waals surface area contributed by atoms with E-state index in [9.17, 15) is 0 Å². The summed E-state index contributed by atoms with van der Waals surface area (Å²) in [5.74, 6) is 3.27. The van der Waals surface area contributed by atoms with Crippen LogP contribution in [0.15, 0.2) is 72.8 Å². The van der Waals surface area contributed by atoms with Gasteiger partial charge >= 0.3 is 0 Å². The first kappa shape index (κ1) is 20.7. The van der Waals surface area contributed by atoms with E-state index in [4.69, 9.17) is 28.4 Å². The van der Waals surface area contributed by atoms with Gasteiger partial charge in [0.25, 0.3) is 0 Å². The predicted octanol–water partition coefficient (Wildman–Crippen LogP) is 4.40. The second-order valence-corrected chi connectivity index (χ2v) is 7.87. The molecule has 32 heavy (non-hydrogen) atoms.